The van der Waals surface area contributed by atoms with E-state index in [0.717, 1.165) is 35.7 Å². The van der Waals surface area contributed by atoms with Gasteiger partial charge in [0.2, 0.25) is 0 Å². The van der Waals surface area contributed by atoms with Crippen LogP contribution < -0.4 is 0 Å². The first-order valence-electron chi connectivity index (χ1n) is 5.88. The van der Waals surface area contributed by atoms with E-state index in [2.05, 4.69) is 27.0 Å². The van der Waals surface area contributed by atoms with Gasteiger partial charge in [-0.3, -0.25) is 4.98 Å². The number of aromatic nitrogens is 1. The van der Waals surface area contributed by atoms with Crippen LogP contribution in [-0.2, 0) is 11.2 Å². The van der Waals surface area contributed by atoms with E-state index in [-0.39, 0.29) is 11.5 Å². The number of hydrogen-bond acceptors (Lipinski definition) is 3. The Labute approximate surface area is 109 Å². The maximum Gasteiger partial charge on any atom is 0.0900 e. The number of nitrogens with zero attached hydrogens (tertiary/aromatic N) is 2. The van der Waals surface area contributed by atoms with Crippen LogP contribution in [0.1, 0.15) is 24.8 Å². The van der Waals surface area contributed by atoms with Gasteiger partial charge in [-0.15, -0.1) is 0 Å². The molecule has 2 fully saturated rings. The predicted molar refractivity (Wildman–Crippen MR) is 66.2 cm³/mol. The minimum atomic E-state index is -0.328. The Morgan fingerprint density at radius 1 is 1.53 bits per heavy atom. The van der Waals surface area contributed by atoms with Gasteiger partial charge in [-0.2, -0.15) is 5.26 Å². The van der Waals surface area contributed by atoms with Crippen molar-refractivity contribution in [2.45, 2.75) is 37.9 Å². The maximum absolute atomic E-state index is 9.51. The molecular weight excluding hydrogens is 280 g/mol. The molecule has 0 amide bonds. The molecule has 3 heterocycles. The Balaban J connectivity index is 1.86. The van der Waals surface area contributed by atoms with Gasteiger partial charge < -0.3 is 4.74 Å². The fourth-order valence-corrected chi connectivity index (χ4v) is 3.47. The summed E-state index contributed by atoms with van der Waals surface area (Å²) in [5.41, 5.74) is 0.780. The predicted octanol–water partition coefficient (Wildman–Crippen LogP) is 2.85. The Hall–Kier alpha value is -0.920. The third kappa shape index (κ3) is 1.88. The van der Waals surface area contributed by atoms with Crippen molar-refractivity contribution in [1.82, 2.24) is 4.98 Å². The molecule has 2 aliphatic rings. The molecule has 2 bridgehead atoms. The van der Waals surface area contributed by atoms with Gasteiger partial charge >= 0.3 is 0 Å². The fourth-order valence-electron chi connectivity index (χ4n) is 3.06. The molecule has 88 valence electrons. The van der Waals surface area contributed by atoms with E-state index in [4.69, 9.17) is 4.74 Å². The van der Waals surface area contributed by atoms with Crippen LogP contribution in [0.4, 0.5) is 0 Å². The molecular formula is C13H13BrN2O. The molecule has 0 aromatic carbocycles. The zero-order valence-electron chi connectivity index (χ0n) is 9.40. The normalized spacial score (nSPS) is 34.8. The molecule has 2 saturated heterocycles. The fraction of sp³-hybridized carbons (Fsp3) is 0.538. The topological polar surface area (TPSA) is 45.9 Å². The van der Waals surface area contributed by atoms with Gasteiger partial charge in [-0.25, -0.2) is 0 Å². The summed E-state index contributed by atoms with van der Waals surface area (Å²) < 4.78 is 6.79. The van der Waals surface area contributed by atoms with Crippen molar-refractivity contribution in [3.63, 3.8) is 0 Å². The van der Waals surface area contributed by atoms with Crippen LogP contribution in [0.15, 0.2) is 22.9 Å². The van der Waals surface area contributed by atoms with Crippen LogP contribution in [-0.4, -0.2) is 17.2 Å². The number of fused-ring (bicyclic) bond motifs is 2. The lowest BCUT2D eigenvalue weighted by molar-refractivity contribution is 0.0787. The van der Waals surface area contributed by atoms with E-state index in [1.165, 1.54) is 0 Å². The number of halogens is 1. The molecule has 3 atom stereocenters. The van der Waals surface area contributed by atoms with Crippen molar-refractivity contribution < 1.29 is 4.74 Å². The number of rotatable bonds is 2. The molecule has 3 nitrogen and oxygen atoms in total. The molecule has 3 unspecified atom stereocenters. The molecule has 0 radical (unpaired) electrons. The Kier molecular flexibility index (Phi) is 2.68. The Bertz CT molecular complexity index is 485. The molecule has 3 rings (SSSR count). The first-order chi connectivity index (χ1) is 8.22. The second kappa shape index (κ2) is 4.08. The Morgan fingerprint density at radius 3 is 3.00 bits per heavy atom. The van der Waals surface area contributed by atoms with Crippen LogP contribution in [0.25, 0.3) is 0 Å². The first-order valence-corrected chi connectivity index (χ1v) is 6.67. The summed E-state index contributed by atoms with van der Waals surface area (Å²) >= 11 is 3.42. The molecule has 2 aliphatic heterocycles. The molecule has 1 aromatic heterocycles. The summed E-state index contributed by atoms with van der Waals surface area (Å²) in [7, 11) is 0. The highest BCUT2D eigenvalue weighted by Gasteiger charge is 2.52. The quantitative estimate of drug-likeness (QED) is 0.842. The monoisotopic (exact) mass is 292 g/mol. The SMILES string of the molecule is N#CC1(Cc2cncc(Br)c2)CC2CCC1O2. The summed E-state index contributed by atoms with van der Waals surface area (Å²) in [5, 5.41) is 9.51. The van der Waals surface area contributed by atoms with E-state index in [9.17, 15) is 5.26 Å². The second-order valence-corrected chi connectivity index (χ2v) is 5.90. The van der Waals surface area contributed by atoms with Crippen LogP contribution in [0.2, 0.25) is 0 Å². The van der Waals surface area contributed by atoms with E-state index >= 15 is 0 Å². The highest BCUT2D eigenvalue weighted by atomic mass is 79.9. The van der Waals surface area contributed by atoms with Crippen molar-refractivity contribution in [1.29, 1.82) is 5.26 Å². The maximum atomic E-state index is 9.51. The third-order valence-electron chi connectivity index (χ3n) is 3.82. The lowest BCUT2D eigenvalue weighted by Crippen LogP contribution is -2.33. The van der Waals surface area contributed by atoms with Crippen molar-refractivity contribution >= 4 is 15.9 Å². The van der Waals surface area contributed by atoms with Crippen LogP contribution in [0.3, 0.4) is 0 Å². The summed E-state index contributed by atoms with van der Waals surface area (Å²) in [6.45, 7) is 0. The second-order valence-electron chi connectivity index (χ2n) is 4.98. The average molecular weight is 293 g/mol. The van der Waals surface area contributed by atoms with Crippen molar-refractivity contribution in [2.75, 3.05) is 0 Å². The van der Waals surface area contributed by atoms with Gasteiger partial charge in [0.25, 0.3) is 0 Å². The zero-order chi connectivity index (χ0) is 11.9. The third-order valence-corrected chi connectivity index (χ3v) is 4.25. The van der Waals surface area contributed by atoms with Crippen molar-refractivity contribution in [2.24, 2.45) is 5.41 Å². The Morgan fingerprint density at radius 2 is 2.41 bits per heavy atom. The molecule has 0 saturated carbocycles. The minimum absolute atomic E-state index is 0.122. The van der Waals surface area contributed by atoms with Crippen LogP contribution in [0.5, 0.6) is 0 Å². The van der Waals surface area contributed by atoms with E-state index in [1.807, 2.05) is 12.3 Å². The number of nitriles is 1. The lowest BCUT2D eigenvalue weighted by atomic mass is 9.71. The number of pyridine rings is 1. The van der Waals surface area contributed by atoms with Gasteiger partial charge in [0.15, 0.2) is 0 Å². The van der Waals surface area contributed by atoms with Crippen molar-refractivity contribution in [3.05, 3.63) is 28.5 Å². The standard InChI is InChI=1S/C13H13BrN2O/c14-10-3-9(6-16-7-10)4-13(8-15)5-11-1-2-12(13)17-11/h3,6-7,11-12H,1-2,4-5H2. The smallest absolute Gasteiger partial charge is 0.0900 e. The highest BCUT2D eigenvalue weighted by Crippen LogP contribution is 2.49. The zero-order valence-corrected chi connectivity index (χ0v) is 11.0. The van der Waals surface area contributed by atoms with E-state index in [0.29, 0.717) is 6.10 Å². The number of hydrogen-bond donors (Lipinski definition) is 0. The van der Waals surface area contributed by atoms with Gasteiger partial charge in [0, 0.05) is 16.9 Å². The van der Waals surface area contributed by atoms with Gasteiger partial charge in [0.1, 0.15) is 0 Å². The summed E-state index contributed by atoms with van der Waals surface area (Å²) in [4.78, 5) is 4.16. The summed E-state index contributed by atoms with van der Waals surface area (Å²) in [6, 6.07) is 4.55. The lowest BCUT2D eigenvalue weighted by Gasteiger charge is -2.28. The molecule has 0 aliphatic carbocycles. The van der Waals surface area contributed by atoms with Gasteiger partial charge in [-0.05, 0) is 53.2 Å². The largest absolute Gasteiger partial charge is 0.373 e. The molecule has 0 N–H and O–H groups in total. The highest BCUT2D eigenvalue weighted by molar-refractivity contribution is 9.10. The first kappa shape index (κ1) is 11.2. The van der Waals surface area contributed by atoms with Crippen molar-refractivity contribution in [3.8, 4) is 6.07 Å². The molecule has 17 heavy (non-hydrogen) atoms. The molecule has 4 heteroatoms. The van der Waals surface area contributed by atoms with E-state index in [1.54, 1.807) is 6.20 Å². The summed E-state index contributed by atoms with van der Waals surface area (Å²) in [5.74, 6) is 0. The van der Waals surface area contributed by atoms with Gasteiger partial charge in [-0.1, -0.05) is 0 Å². The summed E-state index contributed by atoms with van der Waals surface area (Å²) in [6.07, 6.45) is 7.80. The number of ether oxygens (including phenoxy) is 1. The average Bonchev–Trinajstić information content (AvgIpc) is 2.89. The molecule has 0 spiro atoms. The van der Waals surface area contributed by atoms with Crippen LogP contribution in [0, 0.1) is 16.7 Å². The minimum Gasteiger partial charge on any atom is -0.373 e. The van der Waals surface area contributed by atoms with E-state index < -0.39 is 0 Å². The van der Waals surface area contributed by atoms with Crippen LogP contribution >= 0.6 is 15.9 Å². The van der Waals surface area contributed by atoms with Gasteiger partial charge in [0.05, 0.1) is 23.7 Å². The molecule has 1 aromatic rings.